The van der Waals surface area contributed by atoms with Crippen molar-refractivity contribution in [2.45, 2.75) is 25.8 Å². The fourth-order valence-corrected chi connectivity index (χ4v) is 2.99. The van der Waals surface area contributed by atoms with E-state index in [9.17, 15) is 9.59 Å². The summed E-state index contributed by atoms with van der Waals surface area (Å²) in [6, 6.07) is 1.82. The zero-order valence-electron chi connectivity index (χ0n) is 11.2. The van der Waals surface area contributed by atoms with Crippen molar-refractivity contribution in [3.05, 3.63) is 27.6 Å². The summed E-state index contributed by atoms with van der Waals surface area (Å²) in [5, 5.41) is 2.75. The Kier molecular flexibility index (Phi) is 5.31. The number of amides is 1. The Balaban J connectivity index is 2.03. The van der Waals surface area contributed by atoms with Gasteiger partial charge in [-0.25, -0.2) is 4.98 Å². The topological polar surface area (TPSA) is 66.1 Å². The molecule has 0 spiro atoms. The fourth-order valence-electron chi connectivity index (χ4n) is 1.87. The maximum absolute atomic E-state index is 11.9. The molecule has 7 heteroatoms. The molecule has 0 aliphatic carbocycles. The Morgan fingerprint density at radius 1 is 1.50 bits per heavy atom. The minimum Gasteiger partial charge on any atom is -0.338 e. The molecule has 0 atom stereocenters. The molecule has 1 N–H and O–H groups in total. The van der Waals surface area contributed by atoms with E-state index in [0.29, 0.717) is 29.0 Å². The second kappa shape index (κ2) is 6.99. The molecule has 0 saturated carbocycles. The lowest BCUT2D eigenvalue weighted by Crippen LogP contribution is -2.28. The van der Waals surface area contributed by atoms with Crippen molar-refractivity contribution in [3.8, 4) is 0 Å². The van der Waals surface area contributed by atoms with E-state index in [-0.39, 0.29) is 11.5 Å². The van der Waals surface area contributed by atoms with Crippen molar-refractivity contribution in [2.75, 3.05) is 12.4 Å². The number of nitrogens with zero attached hydrogens (tertiary/aromatic N) is 2. The number of rotatable bonds is 6. The standard InChI is InChI=1S/C13H16BrN3O2S/c1-17(11(18)4-2-3-6-14)8-10-15-9-5-7-20-12(9)13(19)16-10/h5,7H,2-4,6,8H2,1H3,(H,15,16,19). The molecule has 0 aliphatic heterocycles. The number of thiophene rings is 1. The fraction of sp³-hybridized carbons (Fsp3) is 0.462. The van der Waals surface area contributed by atoms with Crippen molar-refractivity contribution in [2.24, 2.45) is 0 Å². The first-order valence-corrected chi connectivity index (χ1v) is 8.38. The van der Waals surface area contributed by atoms with Crippen LogP contribution in [0.25, 0.3) is 10.2 Å². The smallest absolute Gasteiger partial charge is 0.268 e. The Bertz CT molecular complexity index is 652. The zero-order valence-corrected chi connectivity index (χ0v) is 13.6. The molecule has 2 heterocycles. The Hall–Kier alpha value is -1.21. The van der Waals surface area contributed by atoms with Gasteiger partial charge in [-0.15, -0.1) is 11.3 Å². The monoisotopic (exact) mass is 357 g/mol. The summed E-state index contributed by atoms with van der Waals surface area (Å²) in [7, 11) is 1.73. The largest absolute Gasteiger partial charge is 0.338 e. The highest BCUT2D eigenvalue weighted by Gasteiger charge is 2.11. The molecule has 0 radical (unpaired) electrons. The summed E-state index contributed by atoms with van der Waals surface area (Å²) in [4.78, 5) is 32.4. The molecule has 0 bridgehead atoms. The molecule has 2 rings (SSSR count). The number of halogens is 1. The average molecular weight is 358 g/mol. The highest BCUT2D eigenvalue weighted by molar-refractivity contribution is 9.09. The van der Waals surface area contributed by atoms with Gasteiger partial charge in [0.1, 0.15) is 10.5 Å². The van der Waals surface area contributed by atoms with Gasteiger partial charge in [-0.3, -0.25) is 9.59 Å². The van der Waals surface area contributed by atoms with Crippen LogP contribution in [0.15, 0.2) is 16.2 Å². The quantitative estimate of drug-likeness (QED) is 0.637. The molecule has 0 fully saturated rings. The van der Waals surface area contributed by atoms with E-state index in [1.54, 1.807) is 11.9 Å². The van der Waals surface area contributed by atoms with Gasteiger partial charge in [0.2, 0.25) is 5.91 Å². The zero-order chi connectivity index (χ0) is 14.5. The summed E-state index contributed by atoms with van der Waals surface area (Å²) >= 11 is 4.71. The molecule has 0 aromatic carbocycles. The second-order valence-electron chi connectivity index (χ2n) is 4.54. The van der Waals surface area contributed by atoms with Gasteiger partial charge in [-0.05, 0) is 24.3 Å². The van der Waals surface area contributed by atoms with Crippen LogP contribution in [-0.2, 0) is 11.3 Å². The number of H-pyrrole nitrogens is 1. The highest BCUT2D eigenvalue weighted by Crippen LogP contribution is 2.14. The van der Waals surface area contributed by atoms with Gasteiger partial charge in [0.25, 0.3) is 5.56 Å². The SMILES string of the molecule is CN(Cc1nc2ccsc2c(=O)[nH]1)C(=O)CCCCBr. The number of carbonyl (C=O) groups is 1. The van der Waals surface area contributed by atoms with Crippen LogP contribution in [0.4, 0.5) is 0 Å². The van der Waals surface area contributed by atoms with Crippen LogP contribution >= 0.6 is 27.3 Å². The number of hydrogen-bond donors (Lipinski definition) is 1. The van der Waals surface area contributed by atoms with Gasteiger partial charge in [0.15, 0.2) is 0 Å². The first kappa shape index (κ1) is 15.2. The minimum atomic E-state index is -0.139. The summed E-state index contributed by atoms with van der Waals surface area (Å²) < 4.78 is 0.625. The third-order valence-corrected chi connectivity index (χ3v) is 4.41. The van der Waals surface area contributed by atoms with Crippen LogP contribution in [0.5, 0.6) is 0 Å². The maximum Gasteiger partial charge on any atom is 0.268 e. The van der Waals surface area contributed by atoms with Crippen LogP contribution in [0, 0.1) is 0 Å². The number of aromatic nitrogens is 2. The van der Waals surface area contributed by atoms with Crippen molar-refractivity contribution < 1.29 is 4.79 Å². The molecule has 1 amide bonds. The average Bonchev–Trinajstić information content (AvgIpc) is 2.87. The van der Waals surface area contributed by atoms with E-state index in [1.807, 2.05) is 11.4 Å². The number of fused-ring (bicyclic) bond motifs is 1. The number of alkyl halides is 1. The molecule has 2 aromatic heterocycles. The number of unbranched alkanes of at least 4 members (excludes halogenated alkanes) is 1. The van der Waals surface area contributed by atoms with Crippen molar-refractivity contribution in [3.63, 3.8) is 0 Å². The lowest BCUT2D eigenvalue weighted by atomic mass is 10.2. The van der Waals surface area contributed by atoms with Crippen LogP contribution < -0.4 is 5.56 Å². The molecule has 20 heavy (non-hydrogen) atoms. The Morgan fingerprint density at radius 3 is 3.05 bits per heavy atom. The summed E-state index contributed by atoms with van der Waals surface area (Å²) in [6.45, 7) is 0.328. The molecule has 108 valence electrons. The number of carbonyl (C=O) groups excluding carboxylic acids is 1. The number of aromatic amines is 1. The third kappa shape index (κ3) is 3.67. The van der Waals surface area contributed by atoms with Crippen LogP contribution in [0.2, 0.25) is 0 Å². The Labute approximate surface area is 129 Å². The van der Waals surface area contributed by atoms with E-state index in [1.165, 1.54) is 11.3 Å². The number of nitrogens with one attached hydrogen (secondary N) is 1. The van der Waals surface area contributed by atoms with Crippen molar-refractivity contribution >= 4 is 43.4 Å². The third-order valence-electron chi connectivity index (χ3n) is 2.95. The van der Waals surface area contributed by atoms with E-state index in [4.69, 9.17) is 0 Å². The molecule has 0 unspecified atom stereocenters. The van der Waals surface area contributed by atoms with Gasteiger partial charge in [-0.2, -0.15) is 0 Å². The summed E-state index contributed by atoms with van der Waals surface area (Å²) in [6.07, 6.45) is 2.37. The molecular weight excluding hydrogens is 342 g/mol. The van der Waals surface area contributed by atoms with E-state index >= 15 is 0 Å². The lowest BCUT2D eigenvalue weighted by Gasteiger charge is -2.16. The first-order chi connectivity index (χ1) is 9.61. The highest BCUT2D eigenvalue weighted by atomic mass is 79.9. The van der Waals surface area contributed by atoms with Gasteiger partial charge < -0.3 is 9.88 Å². The maximum atomic E-state index is 11.9. The second-order valence-corrected chi connectivity index (χ2v) is 6.25. The molecular formula is C13H16BrN3O2S. The first-order valence-electron chi connectivity index (χ1n) is 6.38. The summed E-state index contributed by atoms with van der Waals surface area (Å²) in [5.41, 5.74) is 0.550. The molecule has 0 saturated heterocycles. The van der Waals surface area contributed by atoms with E-state index in [0.717, 1.165) is 18.2 Å². The van der Waals surface area contributed by atoms with Crippen LogP contribution in [-0.4, -0.2) is 33.2 Å². The van der Waals surface area contributed by atoms with E-state index < -0.39 is 0 Å². The van der Waals surface area contributed by atoms with Gasteiger partial charge >= 0.3 is 0 Å². The van der Waals surface area contributed by atoms with Gasteiger partial charge in [-0.1, -0.05) is 15.9 Å². The van der Waals surface area contributed by atoms with Gasteiger partial charge in [0.05, 0.1) is 12.1 Å². The number of hydrogen-bond acceptors (Lipinski definition) is 4. The summed E-state index contributed by atoms with van der Waals surface area (Å²) in [5.74, 6) is 0.594. The Morgan fingerprint density at radius 2 is 2.30 bits per heavy atom. The van der Waals surface area contributed by atoms with Crippen molar-refractivity contribution in [1.29, 1.82) is 0 Å². The predicted molar refractivity (Wildman–Crippen MR) is 84.4 cm³/mol. The van der Waals surface area contributed by atoms with Crippen molar-refractivity contribution in [1.82, 2.24) is 14.9 Å². The molecule has 0 aliphatic rings. The van der Waals surface area contributed by atoms with E-state index in [2.05, 4.69) is 25.9 Å². The normalized spacial score (nSPS) is 10.9. The lowest BCUT2D eigenvalue weighted by molar-refractivity contribution is -0.130. The van der Waals surface area contributed by atoms with Crippen LogP contribution in [0.3, 0.4) is 0 Å². The molecule has 2 aromatic rings. The van der Waals surface area contributed by atoms with Crippen LogP contribution in [0.1, 0.15) is 25.1 Å². The predicted octanol–water partition coefficient (Wildman–Crippen LogP) is 2.51. The van der Waals surface area contributed by atoms with Gasteiger partial charge in [0, 0.05) is 18.8 Å². The minimum absolute atomic E-state index is 0.0685. The molecule has 5 nitrogen and oxygen atoms in total.